The fourth-order valence-electron chi connectivity index (χ4n) is 1.39. The average Bonchev–Trinajstić information content (AvgIpc) is 2.55. The highest BCUT2D eigenvalue weighted by molar-refractivity contribution is 7.98. The molecule has 0 saturated heterocycles. The fraction of sp³-hybridized carbons (Fsp3) is 0.200. The van der Waals surface area contributed by atoms with Crippen LogP contribution < -0.4 is 0 Å². The van der Waals surface area contributed by atoms with Gasteiger partial charge in [-0.25, -0.2) is 4.39 Å². The largest absolute Gasteiger partial charge is 0.205 e. The first-order valence-electron chi connectivity index (χ1n) is 4.07. The van der Waals surface area contributed by atoms with Gasteiger partial charge in [-0.3, -0.25) is 0 Å². The molecule has 0 radical (unpaired) electrons. The van der Waals surface area contributed by atoms with E-state index in [1.54, 1.807) is 11.8 Å². The van der Waals surface area contributed by atoms with Crippen LogP contribution in [0.15, 0.2) is 23.1 Å². The van der Waals surface area contributed by atoms with Gasteiger partial charge in [0.15, 0.2) is 0 Å². The molecule has 1 aromatic heterocycles. The van der Waals surface area contributed by atoms with E-state index in [-0.39, 0.29) is 11.7 Å². The minimum absolute atomic E-state index is 0.148. The lowest BCUT2D eigenvalue weighted by molar-refractivity contribution is 0.633. The average molecular weight is 247 g/mol. The van der Waals surface area contributed by atoms with E-state index < -0.39 is 0 Å². The van der Waals surface area contributed by atoms with Crippen LogP contribution in [-0.2, 0) is 5.88 Å². The lowest BCUT2D eigenvalue weighted by Crippen LogP contribution is -1.78. The Morgan fingerprint density at radius 1 is 1.50 bits per heavy atom. The van der Waals surface area contributed by atoms with Crippen LogP contribution in [0.5, 0.6) is 0 Å². The standard InChI is InChI=1S/C10H8ClFS2/c1-13-6-3-2-4-7-9(6)10(12)8(5-11)14-7/h2-4H,5H2,1H3. The summed E-state index contributed by atoms with van der Waals surface area (Å²) in [6.45, 7) is 0. The Kier molecular flexibility index (Phi) is 3.00. The zero-order chi connectivity index (χ0) is 10.1. The van der Waals surface area contributed by atoms with Crippen LogP contribution in [0.1, 0.15) is 4.88 Å². The number of fused-ring (bicyclic) bond motifs is 1. The molecule has 0 aliphatic carbocycles. The number of rotatable bonds is 2. The van der Waals surface area contributed by atoms with Gasteiger partial charge in [-0.2, -0.15) is 0 Å². The molecular weight excluding hydrogens is 239 g/mol. The van der Waals surface area contributed by atoms with E-state index in [4.69, 9.17) is 11.6 Å². The van der Waals surface area contributed by atoms with Crippen molar-refractivity contribution in [3.05, 3.63) is 28.9 Å². The van der Waals surface area contributed by atoms with Gasteiger partial charge in [-0.15, -0.1) is 34.7 Å². The molecule has 0 N–H and O–H groups in total. The summed E-state index contributed by atoms with van der Waals surface area (Å²) in [6, 6.07) is 5.81. The van der Waals surface area contributed by atoms with E-state index in [0.717, 1.165) is 15.0 Å². The van der Waals surface area contributed by atoms with E-state index in [1.807, 2.05) is 24.5 Å². The van der Waals surface area contributed by atoms with E-state index >= 15 is 0 Å². The van der Waals surface area contributed by atoms with Crippen molar-refractivity contribution in [3.8, 4) is 0 Å². The maximum Gasteiger partial charge on any atom is 0.147 e. The molecule has 0 aliphatic rings. The first-order valence-corrected chi connectivity index (χ1v) is 6.65. The van der Waals surface area contributed by atoms with Gasteiger partial charge in [0.1, 0.15) is 5.82 Å². The second-order valence-electron chi connectivity index (χ2n) is 2.81. The molecule has 0 nitrogen and oxygen atoms in total. The summed E-state index contributed by atoms with van der Waals surface area (Å²) < 4.78 is 14.8. The third-order valence-corrected chi connectivity index (χ3v) is 4.36. The molecular formula is C10H8ClFS2. The molecule has 0 spiro atoms. The number of alkyl halides is 1. The smallest absolute Gasteiger partial charge is 0.147 e. The minimum Gasteiger partial charge on any atom is -0.205 e. The lowest BCUT2D eigenvalue weighted by Gasteiger charge is -1.97. The molecule has 0 atom stereocenters. The van der Waals surface area contributed by atoms with Gasteiger partial charge >= 0.3 is 0 Å². The summed E-state index contributed by atoms with van der Waals surface area (Å²) in [5.74, 6) is 0.101. The summed E-state index contributed by atoms with van der Waals surface area (Å²) in [7, 11) is 0. The molecule has 0 aliphatic heterocycles. The Hall–Kier alpha value is -0.250. The number of thiophene rings is 1. The molecule has 0 amide bonds. The summed E-state index contributed by atoms with van der Waals surface area (Å²) in [5.41, 5.74) is 0. The highest BCUT2D eigenvalue weighted by Crippen LogP contribution is 2.36. The Labute approximate surface area is 95.1 Å². The third kappa shape index (κ3) is 1.53. The predicted molar refractivity (Wildman–Crippen MR) is 63.1 cm³/mol. The Bertz CT molecular complexity index is 464. The number of halogens is 2. The highest BCUT2D eigenvalue weighted by Gasteiger charge is 2.13. The quantitative estimate of drug-likeness (QED) is 0.555. The predicted octanol–water partition coefficient (Wildman–Crippen LogP) is 4.50. The van der Waals surface area contributed by atoms with Gasteiger partial charge in [0.05, 0.1) is 10.8 Å². The Morgan fingerprint density at radius 2 is 2.29 bits per heavy atom. The topological polar surface area (TPSA) is 0 Å². The second kappa shape index (κ2) is 4.09. The van der Waals surface area contributed by atoms with Crippen LogP contribution >= 0.6 is 34.7 Å². The van der Waals surface area contributed by atoms with Gasteiger partial charge in [0, 0.05) is 15.0 Å². The normalized spacial score (nSPS) is 11.1. The molecule has 14 heavy (non-hydrogen) atoms. The van der Waals surface area contributed by atoms with E-state index in [2.05, 4.69) is 0 Å². The van der Waals surface area contributed by atoms with Crippen LogP contribution in [0.3, 0.4) is 0 Å². The third-order valence-electron chi connectivity index (χ3n) is 2.03. The van der Waals surface area contributed by atoms with E-state index in [9.17, 15) is 4.39 Å². The van der Waals surface area contributed by atoms with Crippen molar-refractivity contribution in [2.75, 3.05) is 6.26 Å². The van der Waals surface area contributed by atoms with Crippen molar-refractivity contribution in [3.63, 3.8) is 0 Å². The van der Waals surface area contributed by atoms with Crippen LogP contribution in [-0.4, -0.2) is 6.26 Å². The van der Waals surface area contributed by atoms with Crippen molar-refractivity contribution >= 4 is 44.8 Å². The van der Waals surface area contributed by atoms with Crippen molar-refractivity contribution in [1.82, 2.24) is 0 Å². The van der Waals surface area contributed by atoms with E-state index in [1.165, 1.54) is 11.3 Å². The van der Waals surface area contributed by atoms with Gasteiger partial charge in [0.25, 0.3) is 0 Å². The summed E-state index contributed by atoms with van der Waals surface area (Å²) in [5, 5.41) is 0.723. The van der Waals surface area contributed by atoms with Gasteiger partial charge in [-0.1, -0.05) is 6.07 Å². The van der Waals surface area contributed by atoms with Crippen LogP contribution in [0.25, 0.3) is 10.1 Å². The van der Waals surface area contributed by atoms with Crippen molar-refractivity contribution in [1.29, 1.82) is 0 Å². The Morgan fingerprint density at radius 3 is 2.93 bits per heavy atom. The maximum absolute atomic E-state index is 13.8. The minimum atomic E-state index is -0.148. The van der Waals surface area contributed by atoms with Gasteiger partial charge < -0.3 is 0 Å². The molecule has 74 valence electrons. The molecule has 0 fully saturated rings. The monoisotopic (exact) mass is 246 g/mol. The molecule has 1 heterocycles. The number of benzene rings is 1. The lowest BCUT2D eigenvalue weighted by atomic mass is 10.2. The summed E-state index contributed by atoms with van der Waals surface area (Å²) >= 11 is 8.66. The molecule has 0 unspecified atom stereocenters. The van der Waals surface area contributed by atoms with Crippen LogP contribution in [0, 0.1) is 5.82 Å². The van der Waals surface area contributed by atoms with Crippen molar-refractivity contribution < 1.29 is 4.39 Å². The molecule has 2 rings (SSSR count). The van der Waals surface area contributed by atoms with Gasteiger partial charge in [0.2, 0.25) is 0 Å². The van der Waals surface area contributed by atoms with E-state index in [0.29, 0.717) is 4.88 Å². The van der Waals surface area contributed by atoms with Crippen LogP contribution in [0.2, 0.25) is 0 Å². The first-order chi connectivity index (χ1) is 6.77. The molecule has 0 saturated carbocycles. The molecule has 2 aromatic rings. The molecule has 4 heteroatoms. The second-order valence-corrected chi connectivity index (χ2v) is 5.06. The van der Waals surface area contributed by atoms with Crippen LogP contribution in [0.4, 0.5) is 4.39 Å². The van der Waals surface area contributed by atoms with Crippen molar-refractivity contribution in [2.45, 2.75) is 10.8 Å². The van der Waals surface area contributed by atoms with Crippen molar-refractivity contribution in [2.24, 2.45) is 0 Å². The first kappa shape index (κ1) is 10.3. The zero-order valence-electron chi connectivity index (χ0n) is 7.51. The zero-order valence-corrected chi connectivity index (χ0v) is 9.90. The summed E-state index contributed by atoms with van der Waals surface area (Å²) in [4.78, 5) is 1.61. The highest BCUT2D eigenvalue weighted by atomic mass is 35.5. The van der Waals surface area contributed by atoms with Gasteiger partial charge in [-0.05, 0) is 18.4 Å². The fourth-order valence-corrected chi connectivity index (χ4v) is 3.31. The summed E-state index contributed by atoms with van der Waals surface area (Å²) in [6.07, 6.45) is 1.95. The molecule has 0 bridgehead atoms. The number of hydrogen-bond acceptors (Lipinski definition) is 2. The maximum atomic E-state index is 13.8. The number of thioether (sulfide) groups is 1. The number of hydrogen-bond donors (Lipinski definition) is 0. The Balaban J connectivity index is 2.79. The molecule has 1 aromatic carbocycles. The SMILES string of the molecule is CSc1cccc2sc(CCl)c(F)c12.